The number of nitrogens with zero attached hydrogens (tertiary/aromatic N) is 1. The molecule has 7 nitrogen and oxygen atoms in total. The van der Waals surface area contributed by atoms with Crippen LogP contribution in [0.4, 0.5) is 11.4 Å². The first-order valence-electron chi connectivity index (χ1n) is 10.8. The molecule has 2 atom stereocenters. The standard InChI is InChI=1S/C22H37N3O4S/c1-15(2)30(27,28)23-12-8-7-9-22(26)24-20-10-11-21(19(6)18(20)5)25-13-16(3)29-17(4)14-25/h10-11,15-17,23H,7-9,12-14H2,1-6H3,(H,24,26). The van der Waals surface area contributed by atoms with Gasteiger partial charge in [-0.15, -0.1) is 0 Å². The van der Waals surface area contributed by atoms with Crippen LogP contribution in [0.15, 0.2) is 12.1 Å². The molecule has 30 heavy (non-hydrogen) atoms. The summed E-state index contributed by atoms with van der Waals surface area (Å²) >= 11 is 0. The van der Waals surface area contributed by atoms with E-state index in [1.807, 2.05) is 13.0 Å². The van der Waals surface area contributed by atoms with E-state index in [1.165, 1.54) is 5.69 Å². The number of morpholine rings is 1. The van der Waals surface area contributed by atoms with Crippen LogP contribution in [0.3, 0.4) is 0 Å². The Morgan fingerprint density at radius 1 is 1.13 bits per heavy atom. The van der Waals surface area contributed by atoms with Crippen molar-refractivity contribution in [2.24, 2.45) is 0 Å². The Morgan fingerprint density at radius 2 is 1.77 bits per heavy atom. The lowest BCUT2D eigenvalue weighted by Crippen LogP contribution is -2.45. The molecule has 0 spiro atoms. The van der Waals surface area contributed by atoms with Gasteiger partial charge in [-0.25, -0.2) is 13.1 Å². The summed E-state index contributed by atoms with van der Waals surface area (Å²) in [6.45, 7) is 13.7. The van der Waals surface area contributed by atoms with Crippen LogP contribution in [0.2, 0.25) is 0 Å². The van der Waals surface area contributed by atoms with Gasteiger partial charge in [0.2, 0.25) is 15.9 Å². The zero-order valence-corrected chi connectivity index (χ0v) is 19.9. The van der Waals surface area contributed by atoms with E-state index in [-0.39, 0.29) is 18.1 Å². The van der Waals surface area contributed by atoms with Crippen LogP contribution in [0.25, 0.3) is 0 Å². The van der Waals surface area contributed by atoms with E-state index in [1.54, 1.807) is 13.8 Å². The summed E-state index contributed by atoms with van der Waals surface area (Å²) < 4.78 is 31.8. The molecule has 0 bridgehead atoms. The zero-order chi connectivity index (χ0) is 22.5. The van der Waals surface area contributed by atoms with Gasteiger partial charge >= 0.3 is 0 Å². The van der Waals surface area contributed by atoms with Crippen molar-refractivity contribution >= 4 is 27.3 Å². The number of amides is 1. The summed E-state index contributed by atoms with van der Waals surface area (Å²) in [5, 5.41) is 2.56. The number of carbonyl (C=O) groups excluding carboxylic acids is 1. The van der Waals surface area contributed by atoms with Crippen molar-refractivity contribution < 1.29 is 17.9 Å². The molecule has 1 saturated heterocycles. The summed E-state index contributed by atoms with van der Waals surface area (Å²) in [5.41, 5.74) is 4.25. The maximum atomic E-state index is 12.3. The SMILES string of the molecule is Cc1c(NC(=O)CCCCNS(=O)(=O)C(C)C)ccc(N2CC(C)OC(C)C2)c1C. The first-order chi connectivity index (χ1) is 14.0. The van der Waals surface area contributed by atoms with E-state index < -0.39 is 15.3 Å². The topological polar surface area (TPSA) is 87.7 Å². The van der Waals surface area contributed by atoms with Gasteiger partial charge in [0.05, 0.1) is 17.5 Å². The second-order valence-electron chi connectivity index (χ2n) is 8.54. The number of rotatable bonds is 9. The van der Waals surface area contributed by atoms with Crippen LogP contribution < -0.4 is 14.9 Å². The van der Waals surface area contributed by atoms with E-state index in [0.29, 0.717) is 25.8 Å². The van der Waals surface area contributed by atoms with E-state index in [4.69, 9.17) is 4.74 Å². The number of carbonyl (C=O) groups is 1. The van der Waals surface area contributed by atoms with Crippen LogP contribution >= 0.6 is 0 Å². The minimum absolute atomic E-state index is 0.0504. The van der Waals surface area contributed by atoms with Gasteiger partial charge < -0.3 is 15.0 Å². The van der Waals surface area contributed by atoms with Gasteiger partial charge in [-0.3, -0.25) is 4.79 Å². The third-order valence-corrected chi connectivity index (χ3v) is 7.40. The molecule has 0 radical (unpaired) electrons. The normalized spacial score (nSPS) is 19.9. The fourth-order valence-corrected chi connectivity index (χ4v) is 4.43. The van der Waals surface area contributed by atoms with Gasteiger partial charge in [0.15, 0.2) is 0 Å². The Hall–Kier alpha value is -1.64. The smallest absolute Gasteiger partial charge is 0.224 e. The fourth-order valence-electron chi connectivity index (χ4n) is 3.66. The van der Waals surface area contributed by atoms with Crippen LogP contribution in [0.1, 0.15) is 58.1 Å². The maximum Gasteiger partial charge on any atom is 0.224 e. The van der Waals surface area contributed by atoms with Crippen molar-refractivity contribution in [1.82, 2.24) is 4.72 Å². The van der Waals surface area contributed by atoms with Crippen LogP contribution in [0.5, 0.6) is 0 Å². The number of hydrogen-bond acceptors (Lipinski definition) is 5. The molecule has 2 unspecified atom stereocenters. The van der Waals surface area contributed by atoms with Gasteiger partial charge in [-0.2, -0.15) is 0 Å². The third kappa shape index (κ3) is 6.68. The summed E-state index contributed by atoms with van der Waals surface area (Å²) in [7, 11) is -3.24. The molecule has 0 aromatic heterocycles. The lowest BCUT2D eigenvalue weighted by Gasteiger charge is -2.38. The second-order valence-corrected chi connectivity index (χ2v) is 10.9. The molecule has 1 aliphatic rings. The largest absolute Gasteiger partial charge is 0.372 e. The predicted octanol–water partition coefficient (Wildman–Crippen LogP) is 3.35. The third-order valence-electron chi connectivity index (χ3n) is 5.55. The Labute approximate surface area is 181 Å². The van der Waals surface area contributed by atoms with E-state index in [0.717, 1.165) is 29.9 Å². The molecular weight excluding hydrogens is 402 g/mol. The van der Waals surface area contributed by atoms with Gasteiger partial charge in [0.25, 0.3) is 0 Å². The summed E-state index contributed by atoms with van der Waals surface area (Å²) in [5.74, 6) is -0.0504. The first kappa shape index (κ1) is 24.6. The maximum absolute atomic E-state index is 12.3. The second kappa shape index (κ2) is 10.6. The van der Waals surface area contributed by atoms with Crippen molar-refractivity contribution in [3.05, 3.63) is 23.3 Å². The summed E-state index contributed by atoms with van der Waals surface area (Å²) in [4.78, 5) is 14.7. The molecule has 1 aromatic rings. The highest BCUT2D eigenvalue weighted by molar-refractivity contribution is 7.90. The molecule has 1 amide bonds. The van der Waals surface area contributed by atoms with Gasteiger partial charge in [0, 0.05) is 37.4 Å². The number of nitrogens with one attached hydrogen (secondary N) is 2. The number of sulfonamides is 1. The van der Waals surface area contributed by atoms with E-state index in [9.17, 15) is 13.2 Å². The van der Waals surface area contributed by atoms with Gasteiger partial charge in [0.1, 0.15) is 0 Å². The van der Waals surface area contributed by atoms with Crippen molar-refractivity contribution in [1.29, 1.82) is 0 Å². The molecule has 1 aliphatic heterocycles. The lowest BCUT2D eigenvalue weighted by molar-refractivity contribution is -0.116. The number of ether oxygens (including phenoxy) is 1. The van der Waals surface area contributed by atoms with Crippen molar-refractivity contribution in [3.63, 3.8) is 0 Å². The number of unbranched alkanes of at least 4 members (excludes halogenated alkanes) is 1. The van der Waals surface area contributed by atoms with Crippen molar-refractivity contribution in [2.75, 3.05) is 29.9 Å². The van der Waals surface area contributed by atoms with Gasteiger partial charge in [-0.05, 0) is 77.6 Å². The molecule has 0 saturated carbocycles. The Balaban J connectivity index is 1.88. The summed E-state index contributed by atoms with van der Waals surface area (Å²) in [6, 6.07) is 4.04. The van der Waals surface area contributed by atoms with E-state index in [2.05, 4.69) is 41.8 Å². The monoisotopic (exact) mass is 439 g/mol. The van der Waals surface area contributed by atoms with Gasteiger partial charge in [-0.1, -0.05) is 0 Å². The molecule has 1 aromatic carbocycles. The van der Waals surface area contributed by atoms with Crippen molar-refractivity contribution in [3.8, 4) is 0 Å². The van der Waals surface area contributed by atoms with Crippen molar-refractivity contribution in [2.45, 2.75) is 78.3 Å². The fraction of sp³-hybridized carbons (Fsp3) is 0.682. The molecule has 1 heterocycles. The average molecular weight is 440 g/mol. The average Bonchev–Trinajstić information content (AvgIpc) is 2.64. The molecule has 0 aliphatic carbocycles. The highest BCUT2D eigenvalue weighted by Crippen LogP contribution is 2.30. The molecule has 2 rings (SSSR count). The van der Waals surface area contributed by atoms with Crippen LogP contribution in [-0.4, -0.2) is 51.4 Å². The Bertz CT molecular complexity index is 829. The van der Waals surface area contributed by atoms with Crippen LogP contribution in [-0.2, 0) is 19.6 Å². The number of anilines is 2. The number of benzene rings is 1. The van der Waals surface area contributed by atoms with E-state index >= 15 is 0 Å². The van der Waals surface area contributed by atoms with Crippen LogP contribution in [0, 0.1) is 13.8 Å². The number of hydrogen-bond donors (Lipinski definition) is 2. The Kier molecular flexibility index (Phi) is 8.70. The predicted molar refractivity (Wildman–Crippen MR) is 123 cm³/mol. The molecule has 170 valence electrons. The molecular formula is C22H37N3O4S. The first-order valence-corrected chi connectivity index (χ1v) is 12.3. The molecule has 1 fully saturated rings. The summed E-state index contributed by atoms with van der Waals surface area (Å²) in [6.07, 6.45) is 2.01. The highest BCUT2D eigenvalue weighted by atomic mass is 32.2. The minimum atomic E-state index is -3.24. The quantitative estimate of drug-likeness (QED) is 0.576. The minimum Gasteiger partial charge on any atom is -0.372 e. The zero-order valence-electron chi connectivity index (χ0n) is 19.1. The highest BCUT2D eigenvalue weighted by Gasteiger charge is 2.24. The molecule has 2 N–H and O–H groups in total. The Morgan fingerprint density at radius 3 is 2.37 bits per heavy atom. The molecule has 8 heteroatoms. The lowest BCUT2D eigenvalue weighted by atomic mass is 10.0.